The molecule has 0 saturated carbocycles. The zero-order chi connectivity index (χ0) is 17.0. The van der Waals surface area contributed by atoms with Crippen molar-refractivity contribution < 1.29 is 4.79 Å². The van der Waals surface area contributed by atoms with Gasteiger partial charge in [0.05, 0.1) is 5.75 Å². The maximum atomic E-state index is 12.0. The number of nitrogens with zero attached hydrogens (tertiary/aromatic N) is 2. The van der Waals surface area contributed by atoms with Crippen molar-refractivity contribution in [3.05, 3.63) is 41.6 Å². The number of carbonyl (C=O) groups excluding carboxylic acids is 1. The van der Waals surface area contributed by atoms with Gasteiger partial charge in [-0.05, 0) is 30.0 Å². The lowest BCUT2D eigenvalue weighted by molar-refractivity contribution is -0.113. The summed E-state index contributed by atoms with van der Waals surface area (Å²) in [7, 11) is 0. The second kappa shape index (κ2) is 7.00. The minimum absolute atomic E-state index is 0.0952. The standard InChI is InChI=1S/C17H22N4OS/c1-11-9-14(18)21-16(19-11)23-10-15(22)20-13-7-5-12(6-8-13)17(2,3)4/h5-9H,10H2,1-4H3,(H,20,22)(H2,18,19,21). The number of nitrogens with two attached hydrogens (primary N) is 1. The highest BCUT2D eigenvalue weighted by molar-refractivity contribution is 7.99. The monoisotopic (exact) mass is 330 g/mol. The van der Waals surface area contributed by atoms with Gasteiger partial charge in [0.25, 0.3) is 0 Å². The van der Waals surface area contributed by atoms with Crippen LogP contribution in [0, 0.1) is 6.92 Å². The van der Waals surface area contributed by atoms with Gasteiger partial charge in [0.1, 0.15) is 5.82 Å². The molecule has 0 unspecified atom stereocenters. The van der Waals surface area contributed by atoms with E-state index in [2.05, 4.69) is 36.1 Å². The van der Waals surface area contributed by atoms with E-state index in [-0.39, 0.29) is 17.1 Å². The van der Waals surface area contributed by atoms with Crippen LogP contribution in [0.1, 0.15) is 32.0 Å². The Morgan fingerprint density at radius 1 is 1.22 bits per heavy atom. The topological polar surface area (TPSA) is 80.9 Å². The lowest BCUT2D eigenvalue weighted by atomic mass is 9.87. The van der Waals surface area contributed by atoms with Gasteiger partial charge in [0.2, 0.25) is 5.91 Å². The predicted molar refractivity (Wildman–Crippen MR) is 95.7 cm³/mol. The third-order valence-corrected chi connectivity index (χ3v) is 4.07. The smallest absolute Gasteiger partial charge is 0.234 e. The van der Waals surface area contributed by atoms with Gasteiger partial charge < -0.3 is 11.1 Å². The second-order valence-corrected chi connectivity index (χ2v) is 7.32. The highest BCUT2D eigenvalue weighted by atomic mass is 32.2. The zero-order valence-electron chi connectivity index (χ0n) is 13.9. The summed E-state index contributed by atoms with van der Waals surface area (Å²) in [6, 6.07) is 9.61. The third kappa shape index (κ3) is 5.25. The van der Waals surface area contributed by atoms with Gasteiger partial charge in [-0.1, -0.05) is 44.7 Å². The van der Waals surface area contributed by atoms with Crippen molar-refractivity contribution in [3.63, 3.8) is 0 Å². The van der Waals surface area contributed by atoms with Crippen LogP contribution >= 0.6 is 11.8 Å². The van der Waals surface area contributed by atoms with E-state index in [4.69, 9.17) is 5.73 Å². The van der Waals surface area contributed by atoms with Gasteiger partial charge in [-0.3, -0.25) is 4.79 Å². The van der Waals surface area contributed by atoms with Crippen molar-refractivity contribution in [1.29, 1.82) is 0 Å². The average Bonchev–Trinajstić information content (AvgIpc) is 2.44. The number of anilines is 2. The minimum Gasteiger partial charge on any atom is -0.384 e. The molecule has 0 fully saturated rings. The van der Waals surface area contributed by atoms with Crippen LogP contribution in [0.25, 0.3) is 0 Å². The largest absolute Gasteiger partial charge is 0.384 e. The number of carbonyl (C=O) groups is 1. The highest BCUT2D eigenvalue weighted by Crippen LogP contribution is 2.23. The molecule has 0 atom stereocenters. The Hall–Kier alpha value is -2.08. The maximum absolute atomic E-state index is 12.0. The molecule has 1 aromatic heterocycles. The molecule has 5 nitrogen and oxygen atoms in total. The molecule has 122 valence electrons. The molecule has 0 aliphatic rings. The number of amides is 1. The van der Waals surface area contributed by atoms with Crippen molar-refractivity contribution in [2.75, 3.05) is 16.8 Å². The van der Waals surface area contributed by atoms with Crippen LogP contribution < -0.4 is 11.1 Å². The summed E-state index contributed by atoms with van der Waals surface area (Å²) >= 11 is 1.27. The fourth-order valence-corrected chi connectivity index (χ4v) is 2.72. The molecule has 0 aliphatic heterocycles. The van der Waals surface area contributed by atoms with Crippen LogP contribution in [-0.4, -0.2) is 21.6 Å². The van der Waals surface area contributed by atoms with E-state index in [1.165, 1.54) is 17.3 Å². The van der Waals surface area contributed by atoms with Gasteiger partial charge in [0, 0.05) is 17.4 Å². The van der Waals surface area contributed by atoms with Crippen LogP contribution in [0.2, 0.25) is 0 Å². The Labute approximate surface area is 141 Å². The molecule has 6 heteroatoms. The summed E-state index contributed by atoms with van der Waals surface area (Å²) in [5, 5.41) is 3.39. The summed E-state index contributed by atoms with van der Waals surface area (Å²) in [6.07, 6.45) is 0. The number of aromatic nitrogens is 2. The Kier molecular flexibility index (Phi) is 5.26. The number of hydrogen-bond donors (Lipinski definition) is 2. The molecular weight excluding hydrogens is 308 g/mol. The van der Waals surface area contributed by atoms with Crippen molar-refractivity contribution in [3.8, 4) is 0 Å². The molecule has 2 aromatic rings. The van der Waals surface area contributed by atoms with Crippen LogP contribution in [0.4, 0.5) is 11.5 Å². The number of aryl methyl sites for hydroxylation is 1. The number of hydrogen-bond acceptors (Lipinski definition) is 5. The molecule has 3 N–H and O–H groups in total. The molecule has 0 bridgehead atoms. The predicted octanol–water partition coefficient (Wildman–Crippen LogP) is 3.40. The Balaban J connectivity index is 1.92. The second-order valence-electron chi connectivity index (χ2n) is 6.38. The first-order chi connectivity index (χ1) is 10.7. The first-order valence-corrected chi connectivity index (χ1v) is 8.37. The van der Waals surface area contributed by atoms with Crippen LogP contribution in [-0.2, 0) is 10.2 Å². The molecule has 0 spiro atoms. The summed E-state index contributed by atoms with van der Waals surface area (Å²) < 4.78 is 0. The molecule has 2 rings (SSSR count). The SMILES string of the molecule is Cc1cc(N)nc(SCC(=O)Nc2ccc(C(C)(C)C)cc2)n1. The van der Waals surface area contributed by atoms with E-state index >= 15 is 0 Å². The first kappa shape index (κ1) is 17.3. The van der Waals surface area contributed by atoms with Crippen LogP contribution in [0.3, 0.4) is 0 Å². The summed E-state index contributed by atoms with van der Waals surface area (Å²) in [4.78, 5) is 20.4. The average molecular weight is 330 g/mol. The van der Waals surface area contributed by atoms with Crippen LogP contribution in [0.5, 0.6) is 0 Å². The van der Waals surface area contributed by atoms with E-state index in [1.807, 2.05) is 31.2 Å². The van der Waals surface area contributed by atoms with Crippen molar-refractivity contribution in [2.45, 2.75) is 38.3 Å². The summed E-state index contributed by atoms with van der Waals surface area (Å²) in [6.45, 7) is 8.32. The van der Waals surface area contributed by atoms with Gasteiger partial charge in [0.15, 0.2) is 5.16 Å². The zero-order valence-corrected chi connectivity index (χ0v) is 14.7. The molecule has 1 heterocycles. The number of rotatable bonds is 4. The normalized spacial score (nSPS) is 11.3. The molecule has 1 amide bonds. The fraction of sp³-hybridized carbons (Fsp3) is 0.353. The number of benzene rings is 1. The van der Waals surface area contributed by atoms with Gasteiger partial charge >= 0.3 is 0 Å². The van der Waals surface area contributed by atoms with Crippen LogP contribution in [0.15, 0.2) is 35.5 Å². The van der Waals surface area contributed by atoms with E-state index in [1.54, 1.807) is 6.07 Å². The first-order valence-electron chi connectivity index (χ1n) is 7.38. The van der Waals surface area contributed by atoms with Gasteiger partial charge in [-0.25, -0.2) is 9.97 Å². The molecular formula is C17H22N4OS. The quantitative estimate of drug-likeness (QED) is 0.663. The Morgan fingerprint density at radius 3 is 2.43 bits per heavy atom. The number of nitrogens with one attached hydrogen (secondary N) is 1. The van der Waals surface area contributed by atoms with Crippen molar-refractivity contribution in [2.24, 2.45) is 0 Å². The lowest BCUT2D eigenvalue weighted by Gasteiger charge is -2.19. The van der Waals surface area contributed by atoms with E-state index in [9.17, 15) is 4.79 Å². The van der Waals surface area contributed by atoms with Crippen molar-refractivity contribution >= 4 is 29.2 Å². The van der Waals surface area contributed by atoms with E-state index in [0.717, 1.165) is 11.4 Å². The number of thioether (sulfide) groups is 1. The third-order valence-electron chi connectivity index (χ3n) is 3.22. The Morgan fingerprint density at radius 2 is 1.87 bits per heavy atom. The molecule has 0 radical (unpaired) electrons. The number of nitrogen functional groups attached to an aromatic ring is 1. The fourth-order valence-electron chi connectivity index (χ4n) is 2.01. The Bertz CT molecular complexity index is 672. The molecule has 23 heavy (non-hydrogen) atoms. The molecule has 0 saturated heterocycles. The highest BCUT2D eigenvalue weighted by Gasteiger charge is 2.13. The summed E-state index contributed by atoms with van der Waals surface area (Å²) in [5.41, 5.74) is 8.58. The van der Waals surface area contributed by atoms with Crippen molar-refractivity contribution in [1.82, 2.24) is 9.97 Å². The van der Waals surface area contributed by atoms with E-state index < -0.39 is 0 Å². The maximum Gasteiger partial charge on any atom is 0.234 e. The van der Waals surface area contributed by atoms with Gasteiger partial charge in [-0.2, -0.15) is 0 Å². The minimum atomic E-state index is -0.0952. The summed E-state index contributed by atoms with van der Waals surface area (Å²) in [5.74, 6) is 0.560. The van der Waals surface area contributed by atoms with E-state index in [0.29, 0.717) is 11.0 Å². The lowest BCUT2D eigenvalue weighted by Crippen LogP contribution is -2.15. The van der Waals surface area contributed by atoms with Gasteiger partial charge in [-0.15, -0.1) is 0 Å². The molecule has 0 aliphatic carbocycles. The molecule has 1 aromatic carbocycles.